The van der Waals surface area contributed by atoms with E-state index >= 15 is 0 Å². The Kier molecular flexibility index (Phi) is 4.50. The van der Waals surface area contributed by atoms with Crippen LogP contribution in [0, 0.1) is 5.41 Å². The molecule has 2 N–H and O–H groups in total. The predicted octanol–water partition coefficient (Wildman–Crippen LogP) is 3.00. The van der Waals surface area contributed by atoms with Crippen LogP contribution in [0.15, 0.2) is 42.5 Å². The minimum atomic E-state index is -1.02. The first-order chi connectivity index (χ1) is 10.3. The van der Waals surface area contributed by atoms with Crippen LogP contribution in [-0.4, -0.2) is 23.0 Å². The van der Waals surface area contributed by atoms with Gasteiger partial charge in [0.15, 0.2) is 0 Å². The van der Waals surface area contributed by atoms with E-state index in [0.29, 0.717) is 0 Å². The largest absolute Gasteiger partial charge is 0.480 e. The molecular formula is C18H21NO3. The number of hydrogen-bond donors (Lipinski definition) is 2. The van der Waals surface area contributed by atoms with Crippen molar-refractivity contribution in [1.82, 2.24) is 5.32 Å². The van der Waals surface area contributed by atoms with Gasteiger partial charge in [-0.1, -0.05) is 63.2 Å². The molecule has 0 heterocycles. The van der Waals surface area contributed by atoms with Gasteiger partial charge in [-0.05, 0) is 16.3 Å². The molecule has 1 amide bonds. The monoisotopic (exact) mass is 299 g/mol. The van der Waals surface area contributed by atoms with Gasteiger partial charge in [0, 0.05) is 11.8 Å². The lowest BCUT2D eigenvalue weighted by Gasteiger charge is -2.22. The van der Waals surface area contributed by atoms with Gasteiger partial charge in [0.1, 0.15) is 6.04 Å². The number of carboxylic acid groups (broad SMARTS) is 1. The second-order valence-corrected chi connectivity index (χ2v) is 6.46. The Morgan fingerprint density at radius 3 is 2.36 bits per heavy atom. The molecule has 0 fully saturated rings. The van der Waals surface area contributed by atoms with Crippen LogP contribution in [0.25, 0.3) is 10.8 Å². The lowest BCUT2D eigenvalue weighted by molar-refractivity contribution is -0.143. The van der Waals surface area contributed by atoms with E-state index in [9.17, 15) is 14.7 Å². The van der Waals surface area contributed by atoms with Crippen molar-refractivity contribution in [3.63, 3.8) is 0 Å². The van der Waals surface area contributed by atoms with Crippen molar-refractivity contribution in [2.45, 2.75) is 33.2 Å². The molecule has 0 saturated heterocycles. The van der Waals surface area contributed by atoms with Gasteiger partial charge in [0.05, 0.1) is 0 Å². The molecule has 0 saturated carbocycles. The van der Waals surface area contributed by atoms with E-state index in [2.05, 4.69) is 5.32 Å². The van der Waals surface area contributed by atoms with Crippen molar-refractivity contribution in [2.24, 2.45) is 5.41 Å². The number of amides is 1. The molecule has 0 aromatic heterocycles. The molecule has 2 rings (SSSR count). The minimum absolute atomic E-state index is 0.262. The van der Waals surface area contributed by atoms with Gasteiger partial charge in [-0.3, -0.25) is 4.79 Å². The van der Waals surface area contributed by atoms with Gasteiger partial charge in [0.2, 0.25) is 5.91 Å². The number of fused-ring (bicyclic) bond motifs is 1. The van der Waals surface area contributed by atoms with Gasteiger partial charge in [-0.2, -0.15) is 0 Å². The second kappa shape index (κ2) is 6.18. The zero-order valence-corrected chi connectivity index (χ0v) is 13.1. The zero-order valence-electron chi connectivity index (χ0n) is 13.1. The van der Waals surface area contributed by atoms with Gasteiger partial charge in [-0.25, -0.2) is 4.79 Å². The summed E-state index contributed by atoms with van der Waals surface area (Å²) in [6.07, 6.45) is 0.262. The van der Waals surface area contributed by atoms with Crippen LogP contribution in [-0.2, 0) is 16.0 Å². The number of hydrogen-bond acceptors (Lipinski definition) is 2. The van der Waals surface area contributed by atoms with E-state index in [1.165, 1.54) is 0 Å². The van der Waals surface area contributed by atoms with Gasteiger partial charge < -0.3 is 10.4 Å². The third kappa shape index (κ3) is 3.64. The van der Waals surface area contributed by atoms with Crippen LogP contribution in [0.4, 0.5) is 0 Å². The third-order valence-corrected chi connectivity index (χ3v) is 3.59. The van der Waals surface area contributed by atoms with Gasteiger partial charge >= 0.3 is 5.97 Å². The van der Waals surface area contributed by atoms with Crippen molar-refractivity contribution >= 4 is 22.6 Å². The summed E-state index contributed by atoms with van der Waals surface area (Å²) in [5.74, 6) is -1.29. The number of rotatable bonds is 4. The fraction of sp³-hybridized carbons (Fsp3) is 0.333. The summed E-state index contributed by atoms with van der Waals surface area (Å²) in [6.45, 7) is 5.29. The Bertz CT molecular complexity index is 696. The molecule has 116 valence electrons. The molecule has 1 atom stereocenters. The summed E-state index contributed by atoms with van der Waals surface area (Å²) >= 11 is 0. The number of carbonyl (C=O) groups is 2. The molecule has 2 aromatic rings. The van der Waals surface area contributed by atoms with Crippen LogP contribution in [0.2, 0.25) is 0 Å². The van der Waals surface area contributed by atoms with Crippen LogP contribution in [0.1, 0.15) is 26.3 Å². The highest BCUT2D eigenvalue weighted by Gasteiger charge is 2.27. The van der Waals surface area contributed by atoms with Crippen LogP contribution < -0.4 is 5.32 Å². The first-order valence-corrected chi connectivity index (χ1v) is 7.29. The molecule has 0 aliphatic rings. The topological polar surface area (TPSA) is 66.4 Å². The average Bonchev–Trinajstić information content (AvgIpc) is 2.45. The quantitative estimate of drug-likeness (QED) is 0.912. The molecule has 22 heavy (non-hydrogen) atoms. The summed E-state index contributed by atoms with van der Waals surface area (Å²) in [4.78, 5) is 23.5. The minimum Gasteiger partial charge on any atom is -0.480 e. The number of carboxylic acids is 1. The SMILES string of the molecule is CC(C)(C)C(=O)NC(Cc1cccc2ccccc12)C(=O)O. The number of aliphatic carboxylic acids is 1. The van der Waals surface area contributed by atoms with E-state index in [0.717, 1.165) is 16.3 Å². The van der Waals surface area contributed by atoms with E-state index in [4.69, 9.17) is 0 Å². The summed E-state index contributed by atoms with van der Waals surface area (Å²) in [5, 5.41) is 14.1. The summed E-state index contributed by atoms with van der Waals surface area (Å²) in [7, 11) is 0. The zero-order chi connectivity index (χ0) is 16.3. The predicted molar refractivity (Wildman–Crippen MR) is 86.7 cm³/mol. The second-order valence-electron chi connectivity index (χ2n) is 6.46. The summed E-state index contributed by atoms with van der Waals surface area (Å²) in [5.41, 5.74) is 0.298. The Morgan fingerprint density at radius 2 is 1.73 bits per heavy atom. The Balaban J connectivity index is 2.27. The van der Waals surface area contributed by atoms with Crippen molar-refractivity contribution < 1.29 is 14.7 Å². The first-order valence-electron chi connectivity index (χ1n) is 7.29. The van der Waals surface area contributed by atoms with E-state index in [1.54, 1.807) is 20.8 Å². The standard InChI is InChI=1S/C18H21NO3/c1-18(2,3)17(22)19-15(16(20)21)11-13-9-6-8-12-7-4-5-10-14(12)13/h4-10,15H,11H2,1-3H3,(H,19,22)(H,20,21). The average molecular weight is 299 g/mol. The van der Waals surface area contributed by atoms with E-state index in [1.807, 2.05) is 42.5 Å². The maximum Gasteiger partial charge on any atom is 0.326 e. The molecule has 0 aliphatic carbocycles. The van der Waals surface area contributed by atoms with Gasteiger partial charge in [0.25, 0.3) is 0 Å². The molecule has 1 unspecified atom stereocenters. The first kappa shape index (κ1) is 16.0. The maximum atomic E-state index is 12.1. The van der Waals surface area contributed by atoms with Crippen LogP contribution >= 0.6 is 0 Å². The molecule has 4 nitrogen and oxygen atoms in total. The Labute approximate surface area is 130 Å². The number of benzene rings is 2. The van der Waals surface area contributed by atoms with E-state index < -0.39 is 17.4 Å². The lowest BCUT2D eigenvalue weighted by atomic mass is 9.94. The number of nitrogens with one attached hydrogen (secondary N) is 1. The highest BCUT2D eigenvalue weighted by molar-refractivity contribution is 5.89. The molecule has 0 aliphatic heterocycles. The molecule has 4 heteroatoms. The van der Waals surface area contributed by atoms with Crippen molar-refractivity contribution in [3.8, 4) is 0 Å². The fourth-order valence-electron chi connectivity index (χ4n) is 2.27. The normalized spacial score (nSPS) is 12.9. The van der Waals surface area contributed by atoms with E-state index in [-0.39, 0.29) is 12.3 Å². The fourth-order valence-corrected chi connectivity index (χ4v) is 2.27. The highest BCUT2D eigenvalue weighted by Crippen LogP contribution is 2.20. The van der Waals surface area contributed by atoms with Crippen LogP contribution in [0.3, 0.4) is 0 Å². The molecule has 0 bridgehead atoms. The van der Waals surface area contributed by atoms with Crippen molar-refractivity contribution in [3.05, 3.63) is 48.0 Å². The highest BCUT2D eigenvalue weighted by atomic mass is 16.4. The maximum absolute atomic E-state index is 12.1. The molecule has 0 spiro atoms. The van der Waals surface area contributed by atoms with Crippen LogP contribution in [0.5, 0.6) is 0 Å². The van der Waals surface area contributed by atoms with Crippen molar-refractivity contribution in [1.29, 1.82) is 0 Å². The number of carbonyl (C=O) groups excluding carboxylic acids is 1. The Hall–Kier alpha value is -2.36. The van der Waals surface area contributed by atoms with Crippen molar-refractivity contribution in [2.75, 3.05) is 0 Å². The Morgan fingerprint density at radius 1 is 1.09 bits per heavy atom. The molecule has 2 aromatic carbocycles. The lowest BCUT2D eigenvalue weighted by Crippen LogP contribution is -2.46. The molecular weight excluding hydrogens is 278 g/mol. The molecule has 0 radical (unpaired) electrons. The van der Waals surface area contributed by atoms with Gasteiger partial charge in [-0.15, -0.1) is 0 Å². The smallest absolute Gasteiger partial charge is 0.326 e. The summed E-state index contributed by atoms with van der Waals surface area (Å²) in [6, 6.07) is 12.7. The third-order valence-electron chi connectivity index (χ3n) is 3.59. The summed E-state index contributed by atoms with van der Waals surface area (Å²) < 4.78 is 0.